The lowest BCUT2D eigenvalue weighted by Crippen LogP contribution is -2.42. The number of rotatable bonds is 15. The monoisotopic (exact) mass is 345 g/mol. The Kier molecular flexibility index (Phi) is 15.7. The zero-order valence-corrected chi connectivity index (χ0v) is 15.8. The van der Waals surface area contributed by atoms with Gasteiger partial charge >= 0.3 is 5.97 Å². The Balaban J connectivity index is 3.38. The van der Waals surface area contributed by atoms with Gasteiger partial charge in [-0.25, -0.2) is 4.79 Å². The van der Waals surface area contributed by atoms with Crippen molar-refractivity contribution in [3.05, 3.63) is 0 Å². The van der Waals surface area contributed by atoms with E-state index in [4.69, 9.17) is 4.74 Å². The number of esters is 1. The number of hydrogen-bond donors (Lipinski definition) is 2. The SMILES string of the molecule is CCCCCCCCCCCCCOC(=O)C(CS)NC(C)=O. The molecule has 0 aromatic heterocycles. The van der Waals surface area contributed by atoms with Crippen molar-refractivity contribution < 1.29 is 14.3 Å². The normalized spacial score (nSPS) is 12.0. The molecule has 0 saturated heterocycles. The molecule has 0 rings (SSSR count). The highest BCUT2D eigenvalue weighted by Gasteiger charge is 2.18. The predicted octanol–water partition coefficient (Wildman–Crippen LogP) is 4.28. The van der Waals surface area contributed by atoms with E-state index in [-0.39, 0.29) is 17.6 Å². The second kappa shape index (κ2) is 16.2. The molecule has 1 amide bonds. The number of hydrogen-bond acceptors (Lipinski definition) is 4. The molecule has 0 aromatic rings. The van der Waals surface area contributed by atoms with Crippen molar-refractivity contribution in [1.82, 2.24) is 5.32 Å². The van der Waals surface area contributed by atoms with Crippen LogP contribution in [0.1, 0.15) is 84.5 Å². The number of amides is 1. The summed E-state index contributed by atoms with van der Waals surface area (Å²) in [5.74, 6) is -0.366. The third-order valence-electron chi connectivity index (χ3n) is 3.84. The summed E-state index contributed by atoms with van der Waals surface area (Å²) >= 11 is 4.05. The van der Waals surface area contributed by atoms with Gasteiger partial charge in [0.15, 0.2) is 0 Å². The average Bonchev–Trinajstić information content (AvgIpc) is 2.53. The molecule has 23 heavy (non-hydrogen) atoms. The molecule has 0 bridgehead atoms. The Bertz CT molecular complexity index is 311. The zero-order valence-electron chi connectivity index (χ0n) is 14.9. The van der Waals surface area contributed by atoms with Gasteiger partial charge in [0, 0.05) is 12.7 Å². The van der Waals surface area contributed by atoms with E-state index in [9.17, 15) is 9.59 Å². The van der Waals surface area contributed by atoms with Crippen LogP contribution >= 0.6 is 12.6 Å². The summed E-state index contributed by atoms with van der Waals surface area (Å²) in [6.07, 6.45) is 13.9. The summed E-state index contributed by atoms with van der Waals surface area (Å²) in [5.41, 5.74) is 0. The van der Waals surface area contributed by atoms with Gasteiger partial charge in [-0.05, 0) is 6.42 Å². The number of thiol groups is 1. The maximum Gasteiger partial charge on any atom is 0.329 e. The Morgan fingerprint density at radius 1 is 0.913 bits per heavy atom. The number of ether oxygens (including phenoxy) is 1. The van der Waals surface area contributed by atoms with Crippen LogP contribution in [0.4, 0.5) is 0 Å². The first-order valence-electron chi connectivity index (χ1n) is 9.16. The van der Waals surface area contributed by atoms with E-state index in [0.717, 1.165) is 12.8 Å². The molecule has 0 aromatic carbocycles. The van der Waals surface area contributed by atoms with Gasteiger partial charge in [0.1, 0.15) is 6.04 Å². The lowest BCUT2D eigenvalue weighted by atomic mass is 10.1. The molecule has 0 heterocycles. The van der Waals surface area contributed by atoms with Crippen LogP contribution < -0.4 is 5.32 Å². The maximum absolute atomic E-state index is 11.7. The Morgan fingerprint density at radius 3 is 1.83 bits per heavy atom. The van der Waals surface area contributed by atoms with Crippen molar-refractivity contribution in [2.24, 2.45) is 0 Å². The van der Waals surface area contributed by atoms with Gasteiger partial charge in [-0.3, -0.25) is 4.79 Å². The first-order chi connectivity index (χ1) is 11.1. The molecule has 0 aliphatic carbocycles. The van der Waals surface area contributed by atoms with Crippen molar-refractivity contribution in [2.75, 3.05) is 12.4 Å². The van der Waals surface area contributed by atoms with Crippen molar-refractivity contribution >= 4 is 24.5 Å². The summed E-state index contributed by atoms with van der Waals surface area (Å²) in [7, 11) is 0. The van der Waals surface area contributed by atoms with Crippen LogP contribution in [0.15, 0.2) is 0 Å². The molecule has 5 heteroatoms. The van der Waals surface area contributed by atoms with Crippen molar-refractivity contribution in [2.45, 2.75) is 90.5 Å². The van der Waals surface area contributed by atoms with Gasteiger partial charge in [0.05, 0.1) is 6.61 Å². The molecule has 0 saturated carbocycles. The average molecular weight is 346 g/mol. The molecule has 1 atom stereocenters. The molecule has 4 nitrogen and oxygen atoms in total. The summed E-state index contributed by atoms with van der Waals surface area (Å²) in [5, 5.41) is 2.53. The van der Waals surface area contributed by atoms with E-state index < -0.39 is 6.04 Å². The van der Waals surface area contributed by atoms with Crippen LogP contribution in [0.2, 0.25) is 0 Å². The largest absolute Gasteiger partial charge is 0.464 e. The first kappa shape index (κ1) is 22.3. The molecule has 0 aliphatic heterocycles. The number of carbonyl (C=O) groups excluding carboxylic acids is 2. The lowest BCUT2D eigenvalue weighted by Gasteiger charge is -2.14. The highest BCUT2D eigenvalue weighted by molar-refractivity contribution is 7.80. The minimum absolute atomic E-state index is 0.240. The topological polar surface area (TPSA) is 55.4 Å². The molecule has 0 radical (unpaired) electrons. The van der Waals surface area contributed by atoms with Crippen molar-refractivity contribution in [3.63, 3.8) is 0 Å². The van der Waals surface area contributed by atoms with Gasteiger partial charge in [0.25, 0.3) is 0 Å². The minimum Gasteiger partial charge on any atom is -0.464 e. The number of nitrogens with one attached hydrogen (secondary N) is 1. The van der Waals surface area contributed by atoms with Crippen LogP contribution in [0.25, 0.3) is 0 Å². The summed E-state index contributed by atoms with van der Waals surface area (Å²) < 4.78 is 5.18. The molecule has 0 aliphatic rings. The van der Waals surface area contributed by atoms with Gasteiger partial charge < -0.3 is 10.1 Å². The van der Waals surface area contributed by atoms with Crippen LogP contribution in [0.3, 0.4) is 0 Å². The molecule has 0 spiro atoms. The smallest absolute Gasteiger partial charge is 0.329 e. The Labute approximate surface area is 147 Å². The number of carbonyl (C=O) groups is 2. The standard InChI is InChI=1S/C18H35NO3S/c1-3-4-5-6-7-8-9-10-11-12-13-14-22-18(21)17(15-23)19-16(2)20/h17,23H,3-15H2,1-2H3,(H,19,20). The molecule has 136 valence electrons. The van der Waals surface area contributed by atoms with E-state index in [2.05, 4.69) is 24.9 Å². The van der Waals surface area contributed by atoms with E-state index >= 15 is 0 Å². The molecular weight excluding hydrogens is 310 g/mol. The fourth-order valence-electron chi connectivity index (χ4n) is 2.46. The van der Waals surface area contributed by atoms with Crippen LogP contribution in [0, 0.1) is 0 Å². The highest BCUT2D eigenvalue weighted by Crippen LogP contribution is 2.11. The number of unbranched alkanes of at least 4 members (excludes halogenated alkanes) is 10. The van der Waals surface area contributed by atoms with E-state index in [1.54, 1.807) is 0 Å². The van der Waals surface area contributed by atoms with Crippen LogP contribution in [0.5, 0.6) is 0 Å². The van der Waals surface area contributed by atoms with E-state index in [1.807, 2.05) is 0 Å². The summed E-state index contributed by atoms with van der Waals surface area (Å²) in [6.45, 7) is 4.06. The Morgan fingerprint density at radius 2 is 1.39 bits per heavy atom. The minimum atomic E-state index is -0.636. The maximum atomic E-state index is 11.7. The third-order valence-corrected chi connectivity index (χ3v) is 4.20. The molecule has 0 fully saturated rings. The fraction of sp³-hybridized carbons (Fsp3) is 0.889. The van der Waals surface area contributed by atoms with Crippen LogP contribution in [-0.4, -0.2) is 30.3 Å². The van der Waals surface area contributed by atoms with Crippen molar-refractivity contribution in [3.8, 4) is 0 Å². The van der Waals surface area contributed by atoms with E-state index in [1.165, 1.54) is 64.7 Å². The Hall–Kier alpha value is -0.710. The first-order valence-corrected chi connectivity index (χ1v) is 9.79. The fourth-order valence-corrected chi connectivity index (χ4v) is 2.70. The summed E-state index contributed by atoms with van der Waals surface area (Å²) in [4.78, 5) is 22.6. The van der Waals surface area contributed by atoms with Gasteiger partial charge in [-0.2, -0.15) is 12.6 Å². The molecule has 1 N–H and O–H groups in total. The van der Waals surface area contributed by atoms with Gasteiger partial charge in [0.2, 0.25) is 5.91 Å². The zero-order chi connectivity index (χ0) is 17.3. The molecule has 1 unspecified atom stereocenters. The lowest BCUT2D eigenvalue weighted by molar-refractivity contribution is -0.147. The van der Waals surface area contributed by atoms with Crippen molar-refractivity contribution in [1.29, 1.82) is 0 Å². The second-order valence-corrected chi connectivity index (χ2v) is 6.50. The van der Waals surface area contributed by atoms with Crippen LogP contribution in [-0.2, 0) is 14.3 Å². The quantitative estimate of drug-likeness (QED) is 0.265. The summed E-state index contributed by atoms with van der Waals surface area (Å²) in [6, 6.07) is -0.636. The molecular formula is C18H35NO3S. The van der Waals surface area contributed by atoms with Gasteiger partial charge in [-0.15, -0.1) is 0 Å². The van der Waals surface area contributed by atoms with Gasteiger partial charge in [-0.1, -0.05) is 71.1 Å². The highest BCUT2D eigenvalue weighted by atomic mass is 32.1. The second-order valence-electron chi connectivity index (χ2n) is 6.14. The third kappa shape index (κ3) is 14.6. The predicted molar refractivity (Wildman–Crippen MR) is 98.9 cm³/mol. The van der Waals surface area contributed by atoms with E-state index in [0.29, 0.717) is 6.61 Å².